The largest absolute Gasteiger partial charge is 0.463 e. The van der Waals surface area contributed by atoms with Gasteiger partial charge in [0.15, 0.2) is 0 Å². The maximum atomic E-state index is 13.5. The summed E-state index contributed by atoms with van der Waals surface area (Å²) < 4.78 is 5.56. The molecular weight excluding hydrogens is 408 g/mol. The van der Waals surface area contributed by atoms with E-state index in [1.165, 1.54) is 45.4 Å². The normalized spacial score (nSPS) is 44.5. The molecule has 0 aliphatic heterocycles. The highest BCUT2D eigenvalue weighted by molar-refractivity contribution is 5.83. The Kier molecular flexibility index (Phi) is 7.12. The number of esters is 1. The van der Waals surface area contributed by atoms with Crippen LogP contribution in [0.4, 0.5) is 0 Å². The molecule has 10 atom stereocenters. The quantitative estimate of drug-likeness (QED) is 0.388. The number of carbonyl (C=O) groups excluding carboxylic acids is 2. The minimum Gasteiger partial charge on any atom is -0.463 e. The Morgan fingerprint density at radius 3 is 2.30 bits per heavy atom. The highest BCUT2D eigenvalue weighted by Crippen LogP contribution is 2.68. The highest BCUT2D eigenvalue weighted by atomic mass is 16.5. The lowest BCUT2D eigenvalue weighted by Crippen LogP contribution is -2.57. The van der Waals surface area contributed by atoms with Gasteiger partial charge in [-0.1, -0.05) is 54.4 Å². The van der Waals surface area contributed by atoms with Gasteiger partial charge in [0.1, 0.15) is 11.9 Å². The molecule has 33 heavy (non-hydrogen) atoms. The Hall–Kier alpha value is -0.860. The van der Waals surface area contributed by atoms with E-state index < -0.39 is 0 Å². The summed E-state index contributed by atoms with van der Waals surface area (Å²) in [6.07, 6.45) is 11.5. The number of rotatable bonds is 6. The molecule has 188 valence electrons. The number of carbonyl (C=O) groups is 2. The average molecular weight is 459 g/mol. The van der Waals surface area contributed by atoms with Crippen molar-refractivity contribution in [3.05, 3.63) is 0 Å². The first-order valence-electron chi connectivity index (χ1n) is 14.2. The summed E-state index contributed by atoms with van der Waals surface area (Å²) in [7, 11) is 0. The molecule has 0 spiro atoms. The van der Waals surface area contributed by atoms with Crippen molar-refractivity contribution in [3.8, 4) is 0 Å². The second-order valence-corrected chi connectivity index (χ2v) is 13.6. The maximum Gasteiger partial charge on any atom is 0.302 e. The Bertz CT molecular complexity index is 743. The number of ketones is 1. The van der Waals surface area contributed by atoms with Gasteiger partial charge in [-0.25, -0.2) is 0 Å². The first kappa shape index (κ1) is 25.2. The van der Waals surface area contributed by atoms with E-state index in [-0.39, 0.29) is 23.4 Å². The van der Waals surface area contributed by atoms with Crippen molar-refractivity contribution < 1.29 is 14.3 Å². The minimum absolute atomic E-state index is 0.0557. The fourth-order valence-corrected chi connectivity index (χ4v) is 9.38. The average Bonchev–Trinajstić information content (AvgIpc) is 3.10. The summed E-state index contributed by atoms with van der Waals surface area (Å²) in [4.78, 5) is 25.0. The number of hydrogen-bond donors (Lipinski definition) is 0. The Balaban J connectivity index is 1.48. The molecule has 0 N–H and O–H groups in total. The van der Waals surface area contributed by atoms with Crippen molar-refractivity contribution in [2.24, 2.45) is 58.2 Å². The van der Waals surface area contributed by atoms with Crippen molar-refractivity contribution in [2.75, 3.05) is 0 Å². The van der Waals surface area contributed by atoms with Gasteiger partial charge in [-0.05, 0) is 97.2 Å². The Labute approximate surface area is 203 Å². The summed E-state index contributed by atoms with van der Waals surface area (Å²) >= 11 is 0. The summed E-state index contributed by atoms with van der Waals surface area (Å²) in [6, 6.07) is 0. The van der Waals surface area contributed by atoms with Crippen LogP contribution in [0.1, 0.15) is 113 Å². The number of ether oxygens (including phenoxy) is 1. The zero-order chi connectivity index (χ0) is 24.1. The second-order valence-electron chi connectivity index (χ2n) is 13.6. The topological polar surface area (TPSA) is 43.4 Å². The molecule has 4 fully saturated rings. The lowest BCUT2D eigenvalue weighted by molar-refractivity contribution is -0.169. The molecule has 0 aromatic carbocycles. The molecule has 3 heteroatoms. The molecule has 4 aliphatic rings. The van der Waals surface area contributed by atoms with Crippen LogP contribution < -0.4 is 0 Å². The summed E-state index contributed by atoms with van der Waals surface area (Å²) in [6.45, 7) is 16.2. The molecule has 0 saturated heterocycles. The van der Waals surface area contributed by atoms with Gasteiger partial charge in [-0.2, -0.15) is 0 Å². The molecule has 4 rings (SSSR count). The third kappa shape index (κ3) is 4.44. The van der Waals surface area contributed by atoms with E-state index in [1.54, 1.807) is 0 Å². The molecule has 3 nitrogen and oxygen atoms in total. The predicted octanol–water partition coefficient (Wildman–Crippen LogP) is 7.46. The van der Waals surface area contributed by atoms with Crippen LogP contribution >= 0.6 is 0 Å². The van der Waals surface area contributed by atoms with Crippen molar-refractivity contribution in [1.82, 2.24) is 0 Å². The van der Waals surface area contributed by atoms with Crippen LogP contribution in [-0.4, -0.2) is 17.9 Å². The van der Waals surface area contributed by atoms with Gasteiger partial charge in [0.25, 0.3) is 0 Å². The van der Waals surface area contributed by atoms with Gasteiger partial charge in [-0.15, -0.1) is 0 Å². The minimum atomic E-state index is -0.202. The van der Waals surface area contributed by atoms with Gasteiger partial charge >= 0.3 is 5.97 Å². The third-order valence-corrected chi connectivity index (χ3v) is 11.7. The van der Waals surface area contributed by atoms with E-state index >= 15 is 0 Å². The van der Waals surface area contributed by atoms with E-state index in [0.29, 0.717) is 23.0 Å². The fraction of sp³-hybridized carbons (Fsp3) is 0.933. The van der Waals surface area contributed by atoms with E-state index in [9.17, 15) is 9.59 Å². The SMILES string of the molecule is CC(=O)O[C@@H]1CC[C@]2(C)[C@H](C1)C(=O)C[C@H]1[C@H]2CC[C@@]2(C)[C@@H]([C@H](C)CC[C@H](C)C(C)C)CC[C@@H]12. The van der Waals surface area contributed by atoms with Gasteiger partial charge < -0.3 is 4.74 Å². The monoisotopic (exact) mass is 458 g/mol. The van der Waals surface area contributed by atoms with E-state index in [0.717, 1.165) is 55.3 Å². The molecule has 0 radical (unpaired) electrons. The maximum absolute atomic E-state index is 13.5. The molecule has 0 aromatic heterocycles. The fourth-order valence-electron chi connectivity index (χ4n) is 9.38. The lowest BCUT2D eigenvalue weighted by Gasteiger charge is -2.60. The standard InChI is InChI=1S/C30H50O3/c1-18(2)19(3)8-9-20(4)24-10-11-25-23-17-28(32)27-16-22(33-21(5)31)12-14-30(27,7)26(23)13-15-29(24,25)6/h18-20,22-27H,8-17H2,1-7H3/t19-,20+,22+,23+,24+,25-,26+,27+,29-,30-/m0/s1. The number of hydrogen-bond acceptors (Lipinski definition) is 3. The number of fused-ring (bicyclic) bond motifs is 5. The van der Waals surface area contributed by atoms with Crippen LogP contribution in [-0.2, 0) is 14.3 Å². The molecule has 0 amide bonds. The Morgan fingerprint density at radius 1 is 0.970 bits per heavy atom. The first-order chi connectivity index (χ1) is 15.5. The zero-order valence-corrected chi connectivity index (χ0v) is 22.5. The molecule has 0 unspecified atom stereocenters. The van der Waals surface area contributed by atoms with E-state index in [2.05, 4.69) is 41.5 Å². The van der Waals surface area contributed by atoms with Gasteiger partial charge in [0, 0.05) is 19.3 Å². The van der Waals surface area contributed by atoms with Crippen LogP contribution in [0.2, 0.25) is 0 Å². The van der Waals surface area contributed by atoms with Gasteiger partial charge in [0.2, 0.25) is 0 Å². The van der Waals surface area contributed by atoms with Crippen molar-refractivity contribution >= 4 is 11.8 Å². The smallest absolute Gasteiger partial charge is 0.302 e. The lowest BCUT2D eigenvalue weighted by atomic mass is 9.44. The summed E-state index contributed by atoms with van der Waals surface area (Å²) in [5.74, 6) is 5.53. The van der Waals surface area contributed by atoms with Gasteiger partial charge in [0.05, 0.1) is 0 Å². The number of Topliss-reactive ketones (excluding diaryl/α,β-unsaturated/α-hetero) is 1. The molecule has 4 aliphatic carbocycles. The highest BCUT2D eigenvalue weighted by Gasteiger charge is 2.62. The molecule has 0 bridgehead atoms. The zero-order valence-electron chi connectivity index (χ0n) is 22.5. The van der Waals surface area contributed by atoms with Crippen LogP contribution in [0.15, 0.2) is 0 Å². The van der Waals surface area contributed by atoms with Crippen LogP contribution in [0.5, 0.6) is 0 Å². The first-order valence-corrected chi connectivity index (χ1v) is 14.2. The summed E-state index contributed by atoms with van der Waals surface area (Å²) in [5.41, 5.74) is 0.522. The van der Waals surface area contributed by atoms with Crippen molar-refractivity contribution in [1.29, 1.82) is 0 Å². The summed E-state index contributed by atoms with van der Waals surface area (Å²) in [5, 5.41) is 0. The molecule has 4 saturated carbocycles. The van der Waals surface area contributed by atoms with E-state index in [4.69, 9.17) is 4.74 Å². The van der Waals surface area contributed by atoms with E-state index in [1.807, 2.05) is 0 Å². The molecule has 0 heterocycles. The molecular formula is C30H50O3. The van der Waals surface area contributed by atoms with Crippen molar-refractivity contribution in [2.45, 2.75) is 119 Å². The van der Waals surface area contributed by atoms with Gasteiger partial charge in [-0.3, -0.25) is 9.59 Å². The molecule has 0 aromatic rings. The second kappa shape index (κ2) is 9.30. The van der Waals surface area contributed by atoms with Crippen LogP contribution in [0.3, 0.4) is 0 Å². The predicted molar refractivity (Wildman–Crippen MR) is 134 cm³/mol. The van der Waals surface area contributed by atoms with Crippen molar-refractivity contribution in [3.63, 3.8) is 0 Å². The van der Waals surface area contributed by atoms with Crippen LogP contribution in [0, 0.1) is 58.2 Å². The van der Waals surface area contributed by atoms with Crippen LogP contribution in [0.25, 0.3) is 0 Å². The Morgan fingerprint density at radius 2 is 1.64 bits per heavy atom. The third-order valence-electron chi connectivity index (χ3n) is 11.7.